The van der Waals surface area contributed by atoms with Gasteiger partial charge in [0.05, 0.1) is 0 Å². The van der Waals surface area contributed by atoms with Gasteiger partial charge in [0.25, 0.3) is 0 Å². The van der Waals surface area contributed by atoms with Crippen molar-refractivity contribution in [2.45, 2.75) is 24.9 Å². The van der Waals surface area contributed by atoms with Gasteiger partial charge in [0.15, 0.2) is 0 Å². The van der Waals surface area contributed by atoms with E-state index in [1.54, 1.807) is 0 Å². The van der Waals surface area contributed by atoms with E-state index in [9.17, 15) is 0 Å². The molecule has 2 fully saturated rings. The summed E-state index contributed by atoms with van der Waals surface area (Å²) in [6, 6.07) is 1.56. The van der Waals surface area contributed by atoms with E-state index >= 15 is 0 Å². The van der Waals surface area contributed by atoms with Crippen LogP contribution in [0.25, 0.3) is 0 Å². The van der Waals surface area contributed by atoms with E-state index in [0.717, 1.165) is 25.7 Å². The Bertz CT molecular complexity index is 145. The second-order valence-corrected chi connectivity index (χ2v) is 4.02. The molecule has 0 aromatic heterocycles. The second-order valence-electron chi connectivity index (χ2n) is 4.02. The zero-order valence-corrected chi connectivity index (χ0v) is 7.84. The maximum absolute atomic E-state index is 3.58. The molecule has 1 aliphatic carbocycles. The van der Waals surface area contributed by atoms with Crippen molar-refractivity contribution in [2.24, 2.45) is 0 Å². The normalized spacial score (nSPS) is 32.2. The molecule has 0 aromatic carbocycles. The van der Waals surface area contributed by atoms with E-state index in [4.69, 9.17) is 0 Å². The zero-order valence-electron chi connectivity index (χ0n) is 7.84. The molecular formula is C9H19N3. The first-order valence-electron chi connectivity index (χ1n) is 5.00. The summed E-state index contributed by atoms with van der Waals surface area (Å²) in [5, 5.41) is 7.00. The molecule has 0 radical (unpaired) electrons. The molecule has 1 heterocycles. The van der Waals surface area contributed by atoms with Crippen molar-refractivity contribution in [1.29, 1.82) is 0 Å². The highest BCUT2D eigenvalue weighted by Gasteiger charge is 2.24. The monoisotopic (exact) mass is 169 g/mol. The molecule has 2 rings (SSSR count). The van der Waals surface area contributed by atoms with Gasteiger partial charge in [-0.15, -0.1) is 0 Å². The van der Waals surface area contributed by atoms with Gasteiger partial charge in [0.2, 0.25) is 0 Å². The molecule has 3 heteroatoms. The van der Waals surface area contributed by atoms with Crippen molar-refractivity contribution < 1.29 is 0 Å². The number of hydrogen-bond donors (Lipinski definition) is 2. The first-order chi connectivity index (χ1) is 5.86. The molecule has 12 heavy (non-hydrogen) atoms. The summed E-state index contributed by atoms with van der Waals surface area (Å²) >= 11 is 0. The van der Waals surface area contributed by atoms with Crippen LogP contribution in [0.4, 0.5) is 0 Å². The fourth-order valence-corrected chi connectivity index (χ4v) is 1.68. The lowest BCUT2D eigenvalue weighted by Gasteiger charge is -2.33. The molecule has 2 aliphatic rings. The molecule has 1 unspecified atom stereocenters. The van der Waals surface area contributed by atoms with Gasteiger partial charge in [0.1, 0.15) is 0 Å². The van der Waals surface area contributed by atoms with Crippen molar-refractivity contribution >= 4 is 0 Å². The van der Waals surface area contributed by atoms with Crippen molar-refractivity contribution in [3.05, 3.63) is 0 Å². The topological polar surface area (TPSA) is 27.3 Å². The standard InChI is InChI=1S/C9H19N3/c1-12-5-4-10-6-9(12)7-11-8-2-3-8/h8-11H,2-7H2,1H3. The Balaban J connectivity index is 1.68. The molecule has 2 N–H and O–H groups in total. The van der Waals surface area contributed by atoms with Gasteiger partial charge < -0.3 is 10.6 Å². The summed E-state index contributed by atoms with van der Waals surface area (Å²) < 4.78 is 0. The van der Waals surface area contributed by atoms with E-state index in [1.165, 1.54) is 19.4 Å². The molecule has 1 saturated carbocycles. The number of nitrogens with zero attached hydrogens (tertiary/aromatic N) is 1. The third kappa shape index (κ3) is 2.19. The van der Waals surface area contributed by atoms with Crippen LogP contribution in [0.1, 0.15) is 12.8 Å². The number of likely N-dealkylation sites (N-methyl/N-ethyl adjacent to an activating group) is 1. The molecule has 1 atom stereocenters. The second kappa shape index (κ2) is 3.73. The van der Waals surface area contributed by atoms with Gasteiger partial charge in [-0.1, -0.05) is 0 Å². The van der Waals surface area contributed by atoms with Gasteiger partial charge in [-0.25, -0.2) is 0 Å². The van der Waals surface area contributed by atoms with Crippen LogP contribution in [-0.2, 0) is 0 Å². The predicted molar refractivity (Wildman–Crippen MR) is 50.3 cm³/mol. The third-order valence-corrected chi connectivity index (χ3v) is 2.86. The van der Waals surface area contributed by atoms with E-state index in [1.807, 2.05) is 0 Å². The molecule has 0 amide bonds. The Morgan fingerprint density at radius 3 is 3.00 bits per heavy atom. The molecular weight excluding hydrogens is 150 g/mol. The van der Waals surface area contributed by atoms with Crippen molar-refractivity contribution in [2.75, 3.05) is 33.2 Å². The Morgan fingerprint density at radius 1 is 1.50 bits per heavy atom. The highest BCUT2D eigenvalue weighted by molar-refractivity contribution is 4.85. The van der Waals surface area contributed by atoms with Gasteiger partial charge in [-0.3, -0.25) is 4.90 Å². The Labute approximate surface area is 74.5 Å². The van der Waals surface area contributed by atoms with Crippen molar-refractivity contribution in [1.82, 2.24) is 15.5 Å². The number of rotatable bonds is 3. The molecule has 3 nitrogen and oxygen atoms in total. The fourth-order valence-electron chi connectivity index (χ4n) is 1.68. The quantitative estimate of drug-likeness (QED) is 0.604. The Morgan fingerprint density at radius 2 is 2.33 bits per heavy atom. The Kier molecular flexibility index (Phi) is 2.63. The van der Waals surface area contributed by atoms with E-state index in [2.05, 4.69) is 22.6 Å². The van der Waals surface area contributed by atoms with Crippen LogP contribution < -0.4 is 10.6 Å². The lowest BCUT2D eigenvalue weighted by molar-refractivity contribution is 0.195. The maximum Gasteiger partial charge on any atom is 0.0342 e. The van der Waals surface area contributed by atoms with E-state index < -0.39 is 0 Å². The summed E-state index contributed by atoms with van der Waals surface area (Å²) in [7, 11) is 2.22. The summed E-state index contributed by atoms with van der Waals surface area (Å²) in [5.74, 6) is 0. The average molecular weight is 169 g/mol. The first kappa shape index (κ1) is 8.48. The van der Waals surface area contributed by atoms with Gasteiger partial charge in [-0.2, -0.15) is 0 Å². The lowest BCUT2D eigenvalue weighted by Crippen LogP contribution is -2.53. The van der Waals surface area contributed by atoms with Crippen LogP contribution in [0.15, 0.2) is 0 Å². The number of nitrogens with one attached hydrogen (secondary N) is 2. The van der Waals surface area contributed by atoms with E-state index in [0.29, 0.717) is 6.04 Å². The van der Waals surface area contributed by atoms with Crippen LogP contribution in [0.3, 0.4) is 0 Å². The minimum Gasteiger partial charge on any atom is -0.314 e. The fraction of sp³-hybridized carbons (Fsp3) is 1.00. The van der Waals surface area contributed by atoms with E-state index in [-0.39, 0.29) is 0 Å². The van der Waals surface area contributed by atoms with Gasteiger partial charge in [-0.05, 0) is 19.9 Å². The summed E-state index contributed by atoms with van der Waals surface area (Å²) in [5.41, 5.74) is 0. The van der Waals surface area contributed by atoms with Crippen LogP contribution in [0, 0.1) is 0 Å². The molecule has 1 saturated heterocycles. The van der Waals surface area contributed by atoms with Crippen LogP contribution in [-0.4, -0.2) is 50.2 Å². The first-order valence-corrected chi connectivity index (χ1v) is 5.00. The number of piperazine rings is 1. The Hall–Kier alpha value is -0.120. The molecule has 1 aliphatic heterocycles. The van der Waals surface area contributed by atoms with Crippen molar-refractivity contribution in [3.8, 4) is 0 Å². The highest BCUT2D eigenvalue weighted by atomic mass is 15.2. The summed E-state index contributed by atoms with van der Waals surface area (Å²) in [4.78, 5) is 2.45. The van der Waals surface area contributed by atoms with Crippen LogP contribution in [0.2, 0.25) is 0 Å². The van der Waals surface area contributed by atoms with Crippen molar-refractivity contribution in [3.63, 3.8) is 0 Å². The predicted octanol–water partition coefficient (Wildman–Crippen LogP) is -0.358. The van der Waals surface area contributed by atoms with Crippen LogP contribution >= 0.6 is 0 Å². The smallest absolute Gasteiger partial charge is 0.0342 e. The SMILES string of the molecule is CN1CCNCC1CNC1CC1. The molecule has 70 valence electrons. The average Bonchev–Trinajstić information content (AvgIpc) is 2.86. The minimum absolute atomic E-state index is 0.708. The lowest BCUT2D eigenvalue weighted by atomic mass is 10.2. The zero-order chi connectivity index (χ0) is 8.39. The summed E-state index contributed by atoms with van der Waals surface area (Å²) in [6.07, 6.45) is 2.79. The molecule has 0 aromatic rings. The molecule has 0 spiro atoms. The van der Waals surface area contributed by atoms with Gasteiger partial charge >= 0.3 is 0 Å². The highest BCUT2D eigenvalue weighted by Crippen LogP contribution is 2.18. The largest absolute Gasteiger partial charge is 0.314 e. The maximum atomic E-state index is 3.58. The number of hydrogen-bond acceptors (Lipinski definition) is 3. The molecule has 0 bridgehead atoms. The minimum atomic E-state index is 0.708. The van der Waals surface area contributed by atoms with Gasteiger partial charge in [0, 0.05) is 38.3 Å². The third-order valence-electron chi connectivity index (χ3n) is 2.86. The summed E-state index contributed by atoms with van der Waals surface area (Å²) in [6.45, 7) is 4.65. The van der Waals surface area contributed by atoms with Crippen LogP contribution in [0.5, 0.6) is 0 Å².